The fraction of sp³-hybridized carbons (Fsp3) is 0.400. The largest absolute Gasteiger partial charge is 0.396 e. The Morgan fingerprint density at radius 1 is 1.33 bits per heavy atom. The van der Waals surface area contributed by atoms with Crippen LogP contribution in [0.15, 0.2) is 30.3 Å². The van der Waals surface area contributed by atoms with Crippen LogP contribution in [-0.2, 0) is 0 Å². The molecule has 66 valence electrons. The third kappa shape index (κ3) is 2.93. The third-order valence-corrected chi connectivity index (χ3v) is 1.75. The number of aliphatic hydroxyl groups is 1. The first-order chi connectivity index (χ1) is 5.83. The summed E-state index contributed by atoms with van der Waals surface area (Å²) in [7, 11) is 0. The molecule has 0 aromatic heterocycles. The van der Waals surface area contributed by atoms with Gasteiger partial charge in [0, 0.05) is 18.3 Å². The molecule has 1 aromatic rings. The van der Waals surface area contributed by atoms with Crippen molar-refractivity contribution in [3.05, 3.63) is 30.3 Å². The van der Waals surface area contributed by atoms with E-state index >= 15 is 0 Å². The second-order valence-electron chi connectivity index (χ2n) is 2.92. The van der Waals surface area contributed by atoms with E-state index in [0.717, 1.165) is 12.1 Å². The molecule has 0 saturated heterocycles. The van der Waals surface area contributed by atoms with Crippen molar-refractivity contribution in [3.8, 4) is 0 Å². The summed E-state index contributed by atoms with van der Waals surface area (Å²) in [6.07, 6.45) is 0.787. The van der Waals surface area contributed by atoms with Gasteiger partial charge >= 0.3 is 0 Å². The van der Waals surface area contributed by atoms with Gasteiger partial charge in [-0.15, -0.1) is 0 Å². The molecule has 0 amide bonds. The topological polar surface area (TPSA) is 32.3 Å². The van der Waals surface area contributed by atoms with Gasteiger partial charge in [0.05, 0.1) is 0 Å². The molecule has 2 heteroatoms. The quantitative estimate of drug-likeness (QED) is 0.713. The molecule has 12 heavy (non-hydrogen) atoms. The molecule has 0 aliphatic carbocycles. The number of para-hydroxylation sites is 1. The highest BCUT2D eigenvalue weighted by Gasteiger charge is 1.98. The van der Waals surface area contributed by atoms with Crippen molar-refractivity contribution in [3.63, 3.8) is 0 Å². The minimum Gasteiger partial charge on any atom is -0.396 e. The normalized spacial score (nSPS) is 12.5. The lowest BCUT2D eigenvalue weighted by atomic mass is 10.2. The van der Waals surface area contributed by atoms with E-state index in [1.54, 1.807) is 0 Å². The second-order valence-corrected chi connectivity index (χ2v) is 2.92. The first kappa shape index (κ1) is 9.07. The van der Waals surface area contributed by atoms with E-state index in [9.17, 15) is 0 Å². The molecule has 0 heterocycles. The molecule has 0 spiro atoms. The van der Waals surface area contributed by atoms with Gasteiger partial charge in [-0.3, -0.25) is 0 Å². The molecule has 1 rings (SSSR count). The predicted octanol–water partition coefficient (Wildman–Crippen LogP) is 1.87. The van der Waals surface area contributed by atoms with Gasteiger partial charge in [-0.2, -0.15) is 0 Å². The molecule has 1 unspecified atom stereocenters. The van der Waals surface area contributed by atoms with E-state index in [4.69, 9.17) is 5.11 Å². The molecule has 0 aliphatic heterocycles. The summed E-state index contributed by atoms with van der Waals surface area (Å²) < 4.78 is 0. The molecule has 0 aliphatic rings. The molecule has 1 atom stereocenters. The fourth-order valence-electron chi connectivity index (χ4n) is 1.08. The van der Waals surface area contributed by atoms with Gasteiger partial charge in [-0.1, -0.05) is 18.2 Å². The number of nitrogens with one attached hydrogen (secondary N) is 1. The summed E-state index contributed by atoms with van der Waals surface area (Å²) >= 11 is 0. The van der Waals surface area contributed by atoms with E-state index in [2.05, 4.69) is 12.2 Å². The molecule has 2 N–H and O–H groups in total. The van der Waals surface area contributed by atoms with Gasteiger partial charge < -0.3 is 10.4 Å². The highest BCUT2D eigenvalue weighted by atomic mass is 16.3. The Balaban J connectivity index is 2.41. The lowest BCUT2D eigenvalue weighted by Gasteiger charge is -2.13. The molecular weight excluding hydrogens is 150 g/mol. The van der Waals surface area contributed by atoms with Crippen LogP contribution >= 0.6 is 0 Å². The van der Waals surface area contributed by atoms with Gasteiger partial charge in [0.15, 0.2) is 0 Å². The Kier molecular flexibility index (Phi) is 3.61. The van der Waals surface area contributed by atoms with Crippen molar-refractivity contribution < 1.29 is 5.11 Å². The highest BCUT2D eigenvalue weighted by molar-refractivity contribution is 5.43. The SMILES string of the molecule is CC(CCO)Nc1ccccc1. The zero-order valence-corrected chi connectivity index (χ0v) is 7.33. The lowest BCUT2D eigenvalue weighted by molar-refractivity contribution is 0.282. The Hall–Kier alpha value is -1.02. The summed E-state index contributed by atoms with van der Waals surface area (Å²) in [6.45, 7) is 2.30. The Morgan fingerprint density at radius 2 is 2.00 bits per heavy atom. The fourth-order valence-corrected chi connectivity index (χ4v) is 1.08. The monoisotopic (exact) mass is 165 g/mol. The molecule has 0 saturated carbocycles. The van der Waals surface area contributed by atoms with Gasteiger partial charge in [-0.05, 0) is 25.5 Å². The maximum atomic E-state index is 8.67. The Morgan fingerprint density at radius 3 is 2.58 bits per heavy atom. The molecule has 1 aromatic carbocycles. The minimum absolute atomic E-state index is 0.237. The maximum Gasteiger partial charge on any atom is 0.0450 e. The number of rotatable bonds is 4. The average molecular weight is 165 g/mol. The maximum absolute atomic E-state index is 8.67. The molecule has 0 fully saturated rings. The summed E-state index contributed by atoms with van der Waals surface area (Å²) in [4.78, 5) is 0. The van der Waals surface area contributed by atoms with Crippen LogP contribution in [0.1, 0.15) is 13.3 Å². The van der Waals surface area contributed by atoms with E-state index in [1.165, 1.54) is 0 Å². The van der Waals surface area contributed by atoms with Gasteiger partial charge in [0.1, 0.15) is 0 Å². The van der Waals surface area contributed by atoms with Crippen LogP contribution in [0, 0.1) is 0 Å². The van der Waals surface area contributed by atoms with Crippen LogP contribution in [0.2, 0.25) is 0 Å². The highest BCUT2D eigenvalue weighted by Crippen LogP contribution is 2.07. The van der Waals surface area contributed by atoms with Crippen molar-refractivity contribution in [2.45, 2.75) is 19.4 Å². The van der Waals surface area contributed by atoms with Crippen molar-refractivity contribution >= 4 is 5.69 Å². The minimum atomic E-state index is 0.237. The predicted molar refractivity (Wildman–Crippen MR) is 51.2 cm³/mol. The standard InChI is InChI=1S/C10H15NO/c1-9(7-8-12)11-10-5-3-2-4-6-10/h2-6,9,11-12H,7-8H2,1H3. The van der Waals surface area contributed by atoms with Crippen LogP contribution in [0.4, 0.5) is 5.69 Å². The van der Waals surface area contributed by atoms with Crippen LogP contribution in [-0.4, -0.2) is 17.8 Å². The lowest BCUT2D eigenvalue weighted by Crippen LogP contribution is -2.16. The summed E-state index contributed by atoms with van der Waals surface area (Å²) in [5.41, 5.74) is 1.11. The smallest absolute Gasteiger partial charge is 0.0450 e. The number of benzene rings is 1. The zero-order valence-electron chi connectivity index (χ0n) is 7.33. The van der Waals surface area contributed by atoms with E-state index in [1.807, 2.05) is 30.3 Å². The number of anilines is 1. The number of hydrogen-bond donors (Lipinski definition) is 2. The summed E-state index contributed by atoms with van der Waals surface area (Å²) in [5.74, 6) is 0. The van der Waals surface area contributed by atoms with Crippen molar-refractivity contribution in [1.29, 1.82) is 0 Å². The first-order valence-corrected chi connectivity index (χ1v) is 4.25. The average Bonchev–Trinajstić information content (AvgIpc) is 2.06. The van der Waals surface area contributed by atoms with Crippen LogP contribution in [0.3, 0.4) is 0 Å². The second kappa shape index (κ2) is 4.78. The third-order valence-electron chi connectivity index (χ3n) is 1.75. The molecule has 0 bridgehead atoms. The summed E-state index contributed by atoms with van der Waals surface area (Å²) in [6, 6.07) is 10.4. The van der Waals surface area contributed by atoms with Crippen LogP contribution < -0.4 is 5.32 Å². The first-order valence-electron chi connectivity index (χ1n) is 4.25. The summed E-state index contributed by atoms with van der Waals surface area (Å²) in [5, 5.41) is 12.0. The van der Waals surface area contributed by atoms with Gasteiger partial charge in [0.25, 0.3) is 0 Å². The van der Waals surface area contributed by atoms with Gasteiger partial charge in [-0.25, -0.2) is 0 Å². The number of aliphatic hydroxyl groups excluding tert-OH is 1. The van der Waals surface area contributed by atoms with E-state index in [0.29, 0.717) is 6.04 Å². The van der Waals surface area contributed by atoms with Crippen LogP contribution in [0.25, 0.3) is 0 Å². The van der Waals surface area contributed by atoms with Gasteiger partial charge in [0.2, 0.25) is 0 Å². The Bertz CT molecular complexity index is 210. The number of hydrogen-bond acceptors (Lipinski definition) is 2. The molecule has 0 radical (unpaired) electrons. The van der Waals surface area contributed by atoms with Crippen molar-refractivity contribution in [1.82, 2.24) is 0 Å². The van der Waals surface area contributed by atoms with E-state index < -0.39 is 0 Å². The van der Waals surface area contributed by atoms with Crippen LogP contribution in [0.5, 0.6) is 0 Å². The van der Waals surface area contributed by atoms with E-state index in [-0.39, 0.29) is 6.61 Å². The van der Waals surface area contributed by atoms with Crippen molar-refractivity contribution in [2.24, 2.45) is 0 Å². The Labute approximate surface area is 73.2 Å². The molecule has 2 nitrogen and oxygen atoms in total. The van der Waals surface area contributed by atoms with Crippen molar-refractivity contribution in [2.75, 3.05) is 11.9 Å². The zero-order chi connectivity index (χ0) is 8.81. The molecular formula is C10H15NO.